The Balaban J connectivity index is 1.48. The predicted molar refractivity (Wildman–Crippen MR) is 143 cm³/mol. The minimum absolute atomic E-state index is 0.000694. The van der Waals surface area contributed by atoms with Crippen molar-refractivity contribution < 1.29 is 19.2 Å². The van der Waals surface area contributed by atoms with Gasteiger partial charge in [0, 0.05) is 45.8 Å². The summed E-state index contributed by atoms with van der Waals surface area (Å²) in [5, 5.41) is 2.70. The van der Waals surface area contributed by atoms with E-state index < -0.39 is 17.2 Å². The van der Waals surface area contributed by atoms with Gasteiger partial charge in [-0.2, -0.15) is 0 Å². The molecule has 0 aromatic heterocycles. The highest BCUT2D eigenvalue weighted by Gasteiger charge is 2.58. The summed E-state index contributed by atoms with van der Waals surface area (Å²) in [5.74, 6) is -2.00. The lowest BCUT2D eigenvalue weighted by Crippen LogP contribution is -2.62. The molecular weight excluding hydrogens is 468 g/mol. The fourth-order valence-electron chi connectivity index (χ4n) is 5.65. The minimum Gasteiger partial charge on any atom is -0.398 e. The third-order valence-corrected chi connectivity index (χ3v) is 7.61. The van der Waals surface area contributed by atoms with Crippen molar-refractivity contribution in [3.8, 4) is 0 Å². The van der Waals surface area contributed by atoms with E-state index in [9.17, 15) is 19.2 Å². The van der Waals surface area contributed by atoms with Crippen LogP contribution in [0.25, 0.3) is 21.5 Å². The van der Waals surface area contributed by atoms with E-state index in [4.69, 9.17) is 11.5 Å². The summed E-state index contributed by atoms with van der Waals surface area (Å²) >= 11 is 0. The number of amides is 4. The number of fused-ring (bicyclic) bond motifs is 2. The first-order valence-electron chi connectivity index (χ1n) is 12.1. The molecule has 0 radical (unpaired) electrons. The Morgan fingerprint density at radius 3 is 1.32 bits per heavy atom. The van der Waals surface area contributed by atoms with E-state index in [-0.39, 0.29) is 37.5 Å². The Morgan fingerprint density at radius 1 is 0.541 bits per heavy atom. The van der Waals surface area contributed by atoms with Gasteiger partial charge in [-0.1, -0.05) is 48.5 Å². The van der Waals surface area contributed by atoms with Gasteiger partial charge in [-0.3, -0.25) is 19.2 Å². The third kappa shape index (κ3) is 3.22. The van der Waals surface area contributed by atoms with Crippen LogP contribution in [0, 0.1) is 5.41 Å². The summed E-state index contributed by atoms with van der Waals surface area (Å²) in [6, 6.07) is 21.1. The lowest BCUT2D eigenvalue weighted by atomic mass is 9.71. The minimum atomic E-state index is -1.53. The normalized spacial score (nSPS) is 17.8. The summed E-state index contributed by atoms with van der Waals surface area (Å²) in [5.41, 5.74) is 12.6. The molecule has 4 aromatic carbocycles. The van der Waals surface area contributed by atoms with Gasteiger partial charge in [-0.05, 0) is 37.1 Å². The standard InChI is InChI=1S/C29H24N4O4/c30-21-9-11-23(19-7-3-1-5-17(19)21)32-25(34)13-15-29(27(32)36)16-14-26(35)33(28(29)37)24-12-10-22(31)18-6-2-4-8-20(18)24/h1-12H,13-16,30-31H2. The van der Waals surface area contributed by atoms with E-state index >= 15 is 0 Å². The maximum absolute atomic E-state index is 14.1. The highest BCUT2D eigenvalue weighted by molar-refractivity contribution is 6.33. The van der Waals surface area contributed by atoms with Crippen molar-refractivity contribution in [1.82, 2.24) is 0 Å². The van der Waals surface area contributed by atoms with Crippen molar-refractivity contribution in [3.63, 3.8) is 0 Å². The Morgan fingerprint density at radius 2 is 0.919 bits per heavy atom. The Labute approximate surface area is 212 Å². The monoisotopic (exact) mass is 492 g/mol. The number of hydrogen-bond donors (Lipinski definition) is 2. The van der Waals surface area contributed by atoms with Gasteiger partial charge in [0.1, 0.15) is 5.41 Å². The number of hydrogen-bond acceptors (Lipinski definition) is 6. The molecule has 2 fully saturated rings. The molecule has 2 aliphatic heterocycles. The van der Waals surface area contributed by atoms with Crippen LogP contribution in [-0.2, 0) is 19.2 Å². The molecule has 6 rings (SSSR count). The molecule has 37 heavy (non-hydrogen) atoms. The molecule has 4 N–H and O–H groups in total. The molecule has 0 unspecified atom stereocenters. The summed E-state index contributed by atoms with van der Waals surface area (Å²) in [7, 11) is 0. The second kappa shape index (κ2) is 8.16. The van der Waals surface area contributed by atoms with E-state index in [1.54, 1.807) is 48.5 Å². The van der Waals surface area contributed by atoms with Crippen LogP contribution in [0.3, 0.4) is 0 Å². The largest absolute Gasteiger partial charge is 0.398 e. The van der Waals surface area contributed by atoms with Crippen molar-refractivity contribution in [1.29, 1.82) is 0 Å². The van der Waals surface area contributed by atoms with E-state index in [0.717, 1.165) is 9.80 Å². The van der Waals surface area contributed by atoms with Crippen LogP contribution in [0.4, 0.5) is 22.7 Å². The molecule has 0 saturated carbocycles. The number of nitrogens with two attached hydrogens (primary N) is 2. The third-order valence-electron chi connectivity index (χ3n) is 7.61. The zero-order valence-electron chi connectivity index (χ0n) is 19.9. The molecular formula is C29H24N4O4. The Hall–Kier alpha value is -4.72. The highest BCUT2D eigenvalue weighted by Crippen LogP contribution is 2.46. The van der Waals surface area contributed by atoms with Gasteiger partial charge >= 0.3 is 0 Å². The van der Waals surface area contributed by atoms with Crippen LogP contribution < -0.4 is 21.3 Å². The topological polar surface area (TPSA) is 127 Å². The van der Waals surface area contributed by atoms with Crippen molar-refractivity contribution in [2.75, 3.05) is 21.3 Å². The fraction of sp³-hybridized carbons (Fsp3) is 0.172. The van der Waals surface area contributed by atoms with Crippen molar-refractivity contribution in [3.05, 3.63) is 72.8 Å². The Kier molecular flexibility index (Phi) is 5.01. The van der Waals surface area contributed by atoms with Gasteiger partial charge in [-0.15, -0.1) is 0 Å². The zero-order valence-corrected chi connectivity index (χ0v) is 19.9. The number of imide groups is 2. The van der Waals surface area contributed by atoms with E-state index in [0.29, 0.717) is 44.3 Å². The van der Waals surface area contributed by atoms with Gasteiger partial charge in [0.25, 0.3) is 0 Å². The Bertz CT molecular complexity index is 1540. The zero-order chi connectivity index (χ0) is 25.9. The lowest BCUT2D eigenvalue weighted by Gasteiger charge is -2.44. The van der Waals surface area contributed by atoms with Crippen LogP contribution in [0.1, 0.15) is 25.7 Å². The first kappa shape index (κ1) is 22.7. The molecule has 2 saturated heterocycles. The van der Waals surface area contributed by atoms with E-state index in [1.165, 1.54) is 0 Å². The SMILES string of the molecule is Nc1ccc(N2C(=O)CCC3(CCC(=O)N(c4ccc(N)c5ccccc45)C3=O)C2=O)c2ccccc12. The van der Waals surface area contributed by atoms with Crippen molar-refractivity contribution in [2.24, 2.45) is 5.41 Å². The number of piperidine rings is 2. The van der Waals surface area contributed by atoms with Gasteiger partial charge in [0.05, 0.1) is 11.4 Å². The van der Waals surface area contributed by atoms with Crippen LogP contribution in [0.5, 0.6) is 0 Å². The number of anilines is 4. The second-order valence-electron chi connectivity index (χ2n) is 9.59. The lowest BCUT2D eigenvalue weighted by molar-refractivity contribution is -0.149. The smallest absolute Gasteiger partial charge is 0.249 e. The fourth-order valence-corrected chi connectivity index (χ4v) is 5.65. The summed E-state index contributed by atoms with van der Waals surface area (Å²) in [6.07, 6.45) is 0.0918. The number of carbonyl (C=O) groups is 4. The molecule has 0 atom stereocenters. The molecule has 184 valence electrons. The summed E-state index contributed by atoms with van der Waals surface area (Å²) in [4.78, 5) is 56.8. The van der Waals surface area contributed by atoms with Crippen molar-refractivity contribution in [2.45, 2.75) is 25.7 Å². The first-order valence-corrected chi connectivity index (χ1v) is 12.1. The predicted octanol–water partition coefficient (Wildman–Crippen LogP) is 4.15. The highest BCUT2D eigenvalue weighted by atomic mass is 16.2. The quantitative estimate of drug-likeness (QED) is 0.246. The number of nitrogens with zero attached hydrogens (tertiary/aromatic N) is 2. The molecule has 0 bridgehead atoms. The average molecular weight is 493 g/mol. The van der Waals surface area contributed by atoms with Gasteiger partial charge < -0.3 is 11.5 Å². The average Bonchev–Trinajstić information content (AvgIpc) is 2.91. The van der Waals surface area contributed by atoms with Crippen LogP contribution >= 0.6 is 0 Å². The van der Waals surface area contributed by atoms with Gasteiger partial charge in [0.15, 0.2) is 0 Å². The number of benzene rings is 4. The van der Waals surface area contributed by atoms with Crippen LogP contribution in [0.15, 0.2) is 72.8 Å². The molecule has 8 nitrogen and oxygen atoms in total. The first-order chi connectivity index (χ1) is 17.8. The molecule has 1 spiro atoms. The van der Waals surface area contributed by atoms with E-state index in [2.05, 4.69) is 0 Å². The molecule has 0 aliphatic carbocycles. The second-order valence-corrected chi connectivity index (χ2v) is 9.59. The van der Waals surface area contributed by atoms with Crippen LogP contribution in [-0.4, -0.2) is 23.6 Å². The summed E-state index contributed by atoms with van der Waals surface area (Å²) in [6.45, 7) is 0. The van der Waals surface area contributed by atoms with Crippen molar-refractivity contribution >= 4 is 67.9 Å². The van der Waals surface area contributed by atoms with Crippen LogP contribution in [0.2, 0.25) is 0 Å². The molecule has 4 amide bonds. The molecule has 2 heterocycles. The maximum Gasteiger partial charge on any atom is 0.249 e. The molecule has 2 aliphatic rings. The van der Waals surface area contributed by atoms with E-state index in [1.807, 2.05) is 24.3 Å². The van der Waals surface area contributed by atoms with Gasteiger partial charge in [0.2, 0.25) is 23.6 Å². The number of rotatable bonds is 2. The summed E-state index contributed by atoms with van der Waals surface area (Å²) < 4.78 is 0. The number of carbonyl (C=O) groups excluding carboxylic acids is 4. The molecule has 8 heteroatoms. The maximum atomic E-state index is 14.1. The van der Waals surface area contributed by atoms with Gasteiger partial charge in [-0.25, -0.2) is 9.80 Å². The molecule has 4 aromatic rings. The number of nitrogen functional groups attached to an aromatic ring is 2.